The van der Waals surface area contributed by atoms with E-state index in [1.165, 1.54) is 6.20 Å². The monoisotopic (exact) mass is 362 g/mol. The van der Waals surface area contributed by atoms with Gasteiger partial charge in [-0.1, -0.05) is 18.2 Å². The largest absolute Gasteiger partial charge is 0.343 e. The van der Waals surface area contributed by atoms with Crippen molar-refractivity contribution in [3.63, 3.8) is 0 Å². The van der Waals surface area contributed by atoms with Crippen LogP contribution in [-0.2, 0) is 14.8 Å². The Morgan fingerprint density at radius 3 is 2.68 bits per heavy atom. The van der Waals surface area contributed by atoms with Crippen molar-refractivity contribution in [3.05, 3.63) is 42.2 Å². The van der Waals surface area contributed by atoms with Crippen molar-refractivity contribution in [1.29, 1.82) is 0 Å². The molecule has 134 valence electrons. The minimum absolute atomic E-state index is 0.155. The zero-order valence-corrected chi connectivity index (χ0v) is 15.0. The Morgan fingerprint density at radius 2 is 2.00 bits per heavy atom. The van der Waals surface area contributed by atoms with Gasteiger partial charge in [-0.15, -0.1) is 0 Å². The predicted octanol–water partition coefficient (Wildman–Crippen LogP) is 1.47. The highest BCUT2D eigenvalue weighted by molar-refractivity contribution is 7.89. The number of hydrogen-bond acceptors (Lipinski definition) is 4. The van der Waals surface area contributed by atoms with Crippen molar-refractivity contribution in [3.8, 4) is 5.69 Å². The number of benzene rings is 1. The van der Waals surface area contributed by atoms with Crippen LogP contribution >= 0.6 is 0 Å². The standard InChI is InChI=1S/C17H22N4O3S/c1-14-16(13-21(19-14)15-7-3-2-4-8-15)25(23,24)18-10-6-12-20-11-5-9-17(20)22/h2-4,7-8,13,18H,5-6,9-12H2,1H3. The van der Waals surface area contributed by atoms with E-state index in [0.29, 0.717) is 31.6 Å². The molecule has 0 saturated carbocycles. The molecule has 1 aromatic heterocycles. The van der Waals surface area contributed by atoms with Gasteiger partial charge in [0.15, 0.2) is 0 Å². The second-order valence-electron chi connectivity index (χ2n) is 6.09. The summed E-state index contributed by atoms with van der Waals surface area (Å²) in [6.45, 7) is 3.33. The highest BCUT2D eigenvalue weighted by atomic mass is 32.2. The van der Waals surface area contributed by atoms with Crippen molar-refractivity contribution >= 4 is 15.9 Å². The van der Waals surface area contributed by atoms with Gasteiger partial charge in [-0.2, -0.15) is 5.10 Å². The summed E-state index contributed by atoms with van der Waals surface area (Å²) in [5, 5.41) is 4.29. The molecular weight excluding hydrogens is 340 g/mol. The number of rotatable bonds is 7. The lowest BCUT2D eigenvalue weighted by atomic mass is 10.3. The summed E-state index contributed by atoms with van der Waals surface area (Å²) in [5.41, 5.74) is 1.26. The van der Waals surface area contributed by atoms with E-state index >= 15 is 0 Å². The van der Waals surface area contributed by atoms with Gasteiger partial charge in [0.1, 0.15) is 4.90 Å². The molecule has 1 amide bonds. The summed E-state index contributed by atoms with van der Waals surface area (Å²) in [4.78, 5) is 13.5. The highest BCUT2D eigenvalue weighted by Crippen LogP contribution is 2.16. The average Bonchev–Trinajstić information content (AvgIpc) is 3.19. The molecule has 8 heteroatoms. The fourth-order valence-electron chi connectivity index (χ4n) is 2.92. The van der Waals surface area contributed by atoms with Crippen molar-refractivity contribution in [2.45, 2.75) is 31.1 Å². The minimum atomic E-state index is -3.62. The molecule has 0 spiro atoms. The van der Waals surface area contributed by atoms with Crippen molar-refractivity contribution in [2.75, 3.05) is 19.6 Å². The van der Waals surface area contributed by atoms with Crippen LogP contribution < -0.4 is 4.72 Å². The van der Waals surface area contributed by atoms with Crippen LogP contribution in [-0.4, -0.2) is 48.6 Å². The molecule has 1 N–H and O–H groups in total. The third-order valence-electron chi connectivity index (χ3n) is 4.23. The molecule has 0 atom stereocenters. The van der Waals surface area contributed by atoms with Gasteiger partial charge in [-0.25, -0.2) is 17.8 Å². The molecule has 1 aliphatic rings. The van der Waals surface area contributed by atoms with Crippen LogP contribution in [0.3, 0.4) is 0 Å². The van der Waals surface area contributed by atoms with E-state index in [1.54, 1.807) is 16.5 Å². The van der Waals surface area contributed by atoms with Gasteiger partial charge < -0.3 is 4.90 Å². The number of likely N-dealkylation sites (tertiary alicyclic amines) is 1. The molecule has 0 bridgehead atoms. The maximum atomic E-state index is 12.5. The first-order chi connectivity index (χ1) is 12.0. The third-order valence-corrected chi connectivity index (χ3v) is 5.80. The maximum absolute atomic E-state index is 12.5. The van der Waals surface area contributed by atoms with Crippen molar-refractivity contribution < 1.29 is 13.2 Å². The van der Waals surface area contributed by atoms with Gasteiger partial charge in [0.05, 0.1) is 17.6 Å². The molecule has 1 saturated heterocycles. The smallest absolute Gasteiger partial charge is 0.243 e. The van der Waals surface area contributed by atoms with Crippen LogP contribution in [0.1, 0.15) is 25.0 Å². The molecule has 25 heavy (non-hydrogen) atoms. The summed E-state index contributed by atoms with van der Waals surface area (Å²) in [7, 11) is -3.62. The summed E-state index contributed by atoms with van der Waals surface area (Å²) in [5.74, 6) is 0.155. The van der Waals surface area contributed by atoms with Crippen LogP contribution in [0.2, 0.25) is 0 Å². The highest BCUT2D eigenvalue weighted by Gasteiger charge is 2.22. The van der Waals surface area contributed by atoms with Crippen molar-refractivity contribution in [2.24, 2.45) is 0 Å². The number of nitrogens with one attached hydrogen (secondary N) is 1. The van der Waals surface area contributed by atoms with Crippen LogP contribution in [0.5, 0.6) is 0 Å². The number of carbonyl (C=O) groups is 1. The zero-order valence-electron chi connectivity index (χ0n) is 14.2. The summed E-state index contributed by atoms with van der Waals surface area (Å²) < 4.78 is 29.2. The normalized spacial score (nSPS) is 15.1. The number of sulfonamides is 1. The number of nitrogens with zero attached hydrogens (tertiary/aromatic N) is 3. The first-order valence-corrected chi connectivity index (χ1v) is 9.85. The Hall–Kier alpha value is -2.19. The Labute approximate surface area is 147 Å². The van der Waals surface area contributed by atoms with Crippen LogP contribution in [0.4, 0.5) is 0 Å². The molecule has 1 fully saturated rings. The fourth-order valence-corrected chi connectivity index (χ4v) is 4.15. The fraction of sp³-hybridized carbons (Fsp3) is 0.412. The van der Waals surface area contributed by atoms with Gasteiger partial charge >= 0.3 is 0 Å². The molecule has 7 nitrogen and oxygen atoms in total. The van der Waals surface area contributed by atoms with Crippen LogP contribution in [0.25, 0.3) is 5.69 Å². The second kappa shape index (κ2) is 7.37. The Bertz CT molecular complexity index is 846. The van der Waals surface area contributed by atoms with Gasteiger partial charge in [-0.05, 0) is 31.9 Å². The number of para-hydroxylation sites is 1. The van der Waals surface area contributed by atoms with E-state index in [4.69, 9.17) is 0 Å². The van der Waals surface area contributed by atoms with E-state index < -0.39 is 10.0 Å². The summed E-state index contributed by atoms with van der Waals surface area (Å²) >= 11 is 0. The SMILES string of the molecule is Cc1nn(-c2ccccc2)cc1S(=O)(=O)NCCCN1CCCC1=O. The van der Waals surface area contributed by atoms with E-state index in [9.17, 15) is 13.2 Å². The van der Waals surface area contributed by atoms with E-state index in [2.05, 4.69) is 9.82 Å². The zero-order chi connectivity index (χ0) is 17.9. The lowest BCUT2D eigenvalue weighted by Crippen LogP contribution is -2.30. The van der Waals surface area contributed by atoms with Crippen molar-refractivity contribution in [1.82, 2.24) is 19.4 Å². The molecule has 1 aliphatic heterocycles. The van der Waals surface area contributed by atoms with Gasteiger partial charge in [0.2, 0.25) is 15.9 Å². The summed E-state index contributed by atoms with van der Waals surface area (Å²) in [6.07, 6.45) is 3.61. The quantitative estimate of drug-likeness (QED) is 0.756. The molecule has 2 aromatic rings. The van der Waals surface area contributed by atoms with Crippen LogP contribution in [0.15, 0.2) is 41.4 Å². The van der Waals surface area contributed by atoms with Gasteiger partial charge in [-0.3, -0.25) is 4.79 Å². The predicted molar refractivity (Wildman–Crippen MR) is 93.9 cm³/mol. The van der Waals surface area contributed by atoms with Crippen LogP contribution in [0, 0.1) is 6.92 Å². The molecule has 0 radical (unpaired) electrons. The Balaban J connectivity index is 1.62. The molecule has 1 aromatic carbocycles. The van der Waals surface area contributed by atoms with E-state index in [1.807, 2.05) is 30.3 Å². The molecular formula is C17H22N4O3S. The van der Waals surface area contributed by atoms with E-state index in [-0.39, 0.29) is 10.8 Å². The molecule has 3 rings (SSSR count). The lowest BCUT2D eigenvalue weighted by molar-refractivity contribution is -0.127. The summed E-state index contributed by atoms with van der Waals surface area (Å²) in [6, 6.07) is 9.37. The number of aryl methyl sites for hydroxylation is 1. The molecule has 0 aliphatic carbocycles. The van der Waals surface area contributed by atoms with Gasteiger partial charge in [0.25, 0.3) is 0 Å². The maximum Gasteiger partial charge on any atom is 0.243 e. The third kappa shape index (κ3) is 4.08. The van der Waals surface area contributed by atoms with E-state index in [0.717, 1.165) is 18.7 Å². The topological polar surface area (TPSA) is 84.3 Å². The number of amides is 1. The number of carbonyl (C=O) groups excluding carboxylic acids is 1. The Morgan fingerprint density at radius 1 is 1.24 bits per heavy atom. The first kappa shape index (κ1) is 17.6. The minimum Gasteiger partial charge on any atom is -0.343 e. The van der Waals surface area contributed by atoms with Gasteiger partial charge in [0, 0.05) is 26.1 Å². The second-order valence-corrected chi connectivity index (χ2v) is 7.83. The molecule has 2 heterocycles. The number of hydrogen-bond donors (Lipinski definition) is 1. The lowest BCUT2D eigenvalue weighted by Gasteiger charge is -2.15. The number of aromatic nitrogens is 2. The Kier molecular flexibility index (Phi) is 5.19. The first-order valence-electron chi connectivity index (χ1n) is 8.36. The average molecular weight is 362 g/mol. The molecule has 0 unspecified atom stereocenters.